The average molecular weight is 341 g/mol. The third-order valence-corrected chi connectivity index (χ3v) is 5.41. The molecular formula is C16H23NO5S. The molecule has 0 N–H and O–H groups in total. The van der Waals surface area contributed by atoms with Gasteiger partial charge in [0.25, 0.3) is 0 Å². The lowest BCUT2D eigenvalue weighted by Gasteiger charge is -2.33. The fourth-order valence-corrected chi connectivity index (χ4v) is 4.03. The average Bonchev–Trinajstić information content (AvgIpc) is 2.53. The molecule has 1 aliphatic heterocycles. The van der Waals surface area contributed by atoms with Gasteiger partial charge in [-0.1, -0.05) is 0 Å². The van der Waals surface area contributed by atoms with E-state index in [-0.39, 0.29) is 18.4 Å². The van der Waals surface area contributed by atoms with Gasteiger partial charge in [-0.3, -0.25) is 9.00 Å². The van der Waals surface area contributed by atoms with E-state index >= 15 is 0 Å². The van der Waals surface area contributed by atoms with Crippen LogP contribution in [-0.2, 0) is 22.0 Å². The van der Waals surface area contributed by atoms with Crippen molar-refractivity contribution in [3.63, 3.8) is 0 Å². The van der Waals surface area contributed by atoms with Crippen molar-refractivity contribution in [1.82, 2.24) is 4.90 Å². The van der Waals surface area contributed by atoms with Crippen LogP contribution in [0.15, 0.2) is 12.1 Å². The molecule has 0 aliphatic carbocycles. The minimum Gasteiger partial charge on any atom is -0.493 e. The highest BCUT2D eigenvalue weighted by atomic mass is 32.2. The molecule has 1 amide bonds. The Balaban J connectivity index is 2.19. The number of rotatable bonds is 5. The first-order valence-electron chi connectivity index (χ1n) is 7.43. The summed E-state index contributed by atoms with van der Waals surface area (Å²) in [5.41, 5.74) is 0.795. The molecule has 1 heterocycles. The summed E-state index contributed by atoms with van der Waals surface area (Å²) >= 11 is 0. The smallest absolute Gasteiger partial charge is 0.227 e. The Hall–Kier alpha value is -1.76. The number of nitrogens with zero attached hydrogens (tertiary/aromatic N) is 1. The van der Waals surface area contributed by atoms with Crippen LogP contribution in [0.5, 0.6) is 17.2 Å². The summed E-state index contributed by atoms with van der Waals surface area (Å²) < 4.78 is 27.5. The largest absolute Gasteiger partial charge is 0.493 e. The van der Waals surface area contributed by atoms with Gasteiger partial charge in [0, 0.05) is 34.9 Å². The van der Waals surface area contributed by atoms with Crippen molar-refractivity contribution in [1.29, 1.82) is 0 Å². The fourth-order valence-electron chi connectivity index (χ4n) is 2.75. The van der Waals surface area contributed by atoms with Gasteiger partial charge >= 0.3 is 0 Å². The molecule has 23 heavy (non-hydrogen) atoms. The quantitative estimate of drug-likeness (QED) is 0.806. The lowest BCUT2D eigenvalue weighted by molar-refractivity contribution is -0.131. The highest BCUT2D eigenvalue weighted by Crippen LogP contribution is 2.38. The van der Waals surface area contributed by atoms with E-state index in [1.807, 2.05) is 6.92 Å². The maximum atomic E-state index is 12.6. The first-order chi connectivity index (χ1) is 11.0. The number of carbonyl (C=O) groups is 1. The first kappa shape index (κ1) is 17.6. The molecule has 0 aromatic heterocycles. The fraction of sp³-hybridized carbons (Fsp3) is 0.562. The van der Waals surface area contributed by atoms with E-state index < -0.39 is 10.8 Å². The summed E-state index contributed by atoms with van der Waals surface area (Å²) in [6.07, 6.45) is 0.244. The summed E-state index contributed by atoms with van der Waals surface area (Å²) in [5.74, 6) is 2.67. The summed E-state index contributed by atoms with van der Waals surface area (Å²) in [6, 6.07) is 3.57. The van der Waals surface area contributed by atoms with E-state index in [1.165, 1.54) is 0 Å². The van der Waals surface area contributed by atoms with E-state index in [2.05, 4.69) is 0 Å². The number of hydrogen-bond donors (Lipinski definition) is 0. The standard InChI is InChI=1S/C16H23NO5S/c1-11-10-23(19)6-5-17(11)15(18)9-12-7-13(20-2)16(22-4)14(8-12)21-3/h7-8,11H,5-6,9-10H2,1-4H3. The molecule has 1 aromatic rings. The third kappa shape index (κ3) is 3.96. The van der Waals surface area contributed by atoms with Crippen LogP contribution in [0.1, 0.15) is 12.5 Å². The molecule has 1 aromatic carbocycles. The number of methoxy groups -OCH3 is 3. The highest BCUT2D eigenvalue weighted by molar-refractivity contribution is 7.85. The molecule has 7 heteroatoms. The summed E-state index contributed by atoms with van der Waals surface area (Å²) in [7, 11) is 3.82. The number of amides is 1. The Kier molecular flexibility index (Phi) is 5.87. The second-order valence-corrected chi connectivity index (χ2v) is 7.08. The highest BCUT2D eigenvalue weighted by Gasteiger charge is 2.27. The zero-order valence-corrected chi connectivity index (χ0v) is 14.8. The third-order valence-electron chi connectivity index (χ3n) is 3.92. The lowest BCUT2D eigenvalue weighted by Crippen LogP contribution is -2.48. The van der Waals surface area contributed by atoms with Crippen LogP contribution < -0.4 is 14.2 Å². The molecule has 2 atom stereocenters. The molecule has 6 nitrogen and oxygen atoms in total. The molecule has 2 rings (SSSR count). The number of hydrogen-bond acceptors (Lipinski definition) is 5. The van der Waals surface area contributed by atoms with Gasteiger partial charge in [0.05, 0.1) is 27.8 Å². The van der Waals surface area contributed by atoms with Crippen molar-refractivity contribution in [3.8, 4) is 17.2 Å². The van der Waals surface area contributed by atoms with Gasteiger partial charge in [-0.25, -0.2) is 0 Å². The van der Waals surface area contributed by atoms with Crippen LogP contribution in [0, 0.1) is 0 Å². The van der Waals surface area contributed by atoms with Gasteiger partial charge < -0.3 is 19.1 Å². The Morgan fingerprint density at radius 1 is 1.22 bits per heavy atom. The van der Waals surface area contributed by atoms with Gasteiger partial charge in [-0.2, -0.15) is 0 Å². The predicted molar refractivity (Wildman–Crippen MR) is 88.9 cm³/mol. The minimum atomic E-state index is -0.819. The molecular weight excluding hydrogens is 318 g/mol. The van der Waals surface area contributed by atoms with E-state index in [1.54, 1.807) is 38.4 Å². The number of carbonyl (C=O) groups excluding carboxylic acids is 1. The SMILES string of the molecule is COc1cc(CC(=O)N2CCS(=O)CC2C)cc(OC)c1OC. The Labute approximate surface area is 139 Å². The lowest BCUT2D eigenvalue weighted by atomic mass is 10.1. The van der Waals surface area contributed by atoms with Crippen LogP contribution in [-0.4, -0.2) is 60.4 Å². The topological polar surface area (TPSA) is 65.1 Å². The van der Waals surface area contributed by atoms with E-state index in [0.717, 1.165) is 5.56 Å². The van der Waals surface area contributed by atoms with Crippen molar-refractivity contribution in [3.05, 3.63) is 17.7 Å². The van der Waals surface area contributed by atoms with Gasteiger partial charge in [0.15, 0.2) is 11.5 Å². The summed E-state index contributed by atoms with van der Waals surface area (Å²) in [5, 5.41) is 0. The van der Waals surface area contributed by atoms with Crippen LogP contribution in [0.25, 0.3) is 0 Å². The minimum absolute atomic E-state index is 0.000812. The van der Waals surface area contributed by atoms with Crippen LogP contribution in [0.4, 0.5) is 0 Å². The summed E-state index contributed by atoms with van der Waals surface area (Å²) in [4.78, 5) is 14.3. The zero-order chi connectivity index (χ0) is 17.0. The molecule has 1 aliphatic rings. The van der Waals surface area contributed by atoms with E-state index in [4.69, 9.17) is 14.2 Å². The normalized spacial score (nSPS) is 21.0. The van der Waals surface area contributed by atoms with Gasteiger partial charge in [-0.15, -0.1) is 0 Å². The van der Waals surface area contributed by atoms with E-state index in [0.29, 0.717) is 35.3 Å². The molecule has 0 saturated carbocycles. The molecule has 1 fully saturated rings. The van der Waals surface area contributed by atoms with E-state index in [9.17, 15) is 9.00 Å². The van der Waals surface area contributed by atoms with Crippen LogP contribution in [0.3, 0.4) is 0 Å². The Morgan fingerprint density at radius 2 is 1.83 bits per heavy atom. The molecule has 0 radical (unpaired) electrons. The van der Waals surface area contributed by atoms with Crippen molar-refractivity contribution in [2.45, 2.75) is 19.4 Å². The van der Waals surface area contributed by atoms with Gasteiger partial charge in [0.1, 0.15) is 0 Å². The monoisotopic (exact) mass is 341 g/mol. The van der Waals surface area contributed by atoms with Crippen LogP contribution >= 0.6 is 0 Å². The van der Waals surface area contributed by atoms with Crippen molar-refractivity contribution in [2.24, 2.45) is 0 Å². The second-order valence-electron chi connectivity index (χ2n) is 5.46. The van der Waals surface area contributed by atoms with Crippen molar-refractivity contribution < 1.29 is 23.2 Å². The number of ether oxygens (including phenoxy) is 3. The molecule has 1 saturated heterocycles. The molecule has 0 bridgehead atoms. The van der Waals surface area contributed by atoms with Gasteiger partial charge in [-0.05, 0) is 24.6 Å². The van der Waals surface area contributed by atoms with Gasteiger partial charge in [0.2, 0.25) is 11.7 Å². The Morgan fingerprint density at radius 3 is 2.30 bits per heavy atom. The summed E-state index contributed by atoms with van der Waals surface area (Å²) in [6.45, 7) is 2.47. The number of benzene rings is 1. The zero-order valence-electron chi connectivity index (χ0n) is 14.0. The molecule has 0 spiro atoms. The predicted octanol–water partition coefficient (Wildman–Crippen LogP) is 1.23. The maximum absolute atomic E-state index is 12.6. The van der Waals surface area contributed by atoms with Crippen molar-refractivity contribution >= 4 is 16.7 Å². The maximum Gasteiger partial charge on any atom is 0.227 e. The van der Waals surface area contributed by atoms with Crippen molar-refractivity contribution in [2.75, 3.05) is 39.4 Å². The Bertz CT molecular complexity index is 579. The van der Waals surface area contributed by atoms with Crippen LogP contribution in [0.2, 0.25) is 0 Å². The molecule has 128 valence electrons. The second kappa shape index (κ2) is 7.68. The molecule has 2 unspecified atom stereocenters. The first-order valence-corrected chi connectivity index (χ1v) is 8.92.